The molecule has 0 radical (unpaired) electrons. The normalized spacial score (nSPS) is 11.1. The zero-order valence-corrected chi connectivity index (χ0v) is 11.4. The van der Waals surface area contributed by atoms with Crippen molar-refractivity contribution in [1.82, 2.24) is 5.32 Å². The van der Waals surface area contributed by atoms with E-state index in [1.54, 1.807) is 7.11 Å². The SMILES string of the molecule is COCc1ccc(CNC(=O)OC(C)(C)C)cc1. The molecule has 0 aromatic heterocycles. The van der Waals surface area contributed by atoms with Crippen LogP contribution in [-0.4, -0.2) is 18.8 Å². The van der Waals surface area contributed by atoms with Crippen molar-refractivity contribution in [3.8, 4) is 0 Å². The second-order valence-electron chi connectivity index (χ2n) is 5.10. The van der Waals surface area contributed by atoms with Crippen molar-refractivity contribution in [3.05, 3.63) is 35.4 Å². The number of hydrogen-bond donors (Lipinski definition) is 1. The molecular formula is C14H21NO3. The highest BCUT2D eigenvalue weighted by Crippen LogP contribution is 2.08. The van der Waals surface area contributed by atoms with E-state index in [9.17, 15) is 4.79 Å². The molecule has 0 saturated heterocycles. The molecule has 0 spiro atoms. The molecule has 1 aromatic carbocycles. The maximum absolute atomic E-state index is 11.4. The lowest BCUT2D eigenvalue weighted by molar-refractivity contribution is 0.0523. The van der Waals surface area contributed by atoms with E-state index in [1.165, 1.54) is 0 Å². The molecule has 1 N–H and O–H groups in total. The minimum atomic E-state index is -0.466. The third-order valence-electron chi connectivity index (χ3n) is 2.17. The van der Waals surface area contributed by atoms with Crippen LogP contribution in [-0.2, 0) is 22.6 Å². The number of methoxy groups -OCH3 is 1. The van der Waals surface area contributed by atoms with Gasteiger partial charge in [0.25, 0.3) is 0 Å². The van der Waals surface area contributed by atoms with Gasteiger partial charge in [-0.15, -0.1) is 0 Å². The maximum Gasteiger partial charge on any atom is 0.407 e. The quantitative estimate of drug-likeness (QED) is 0.895. The van der Waals surface area contributed by atoms with Gasteiger partial charge in [0.2, 0.25) is 0 Å². The molecule has 0 saturated carbocycles. The number of nitrogens with one attached hydrogen (secondary N) is 1. The van der Waals surface area contributed by atoms with Crippen molar-refractivity contribution in [1.29, 1.82) is 0 Å². The summed E-state index contributed by atoms with van der Waals surface area (Å²) in [5.41, 5.74) is 1.67. The van der Waals surface area contributed by atoms with Crippen molar-refractivity contribution in [2.45, 2.75) is 39.5 Å². The van der Waals surface area contributed by atoms with Crippen LogP contribution in [0.15, 0.2) is 24.3 Å². The lowest BCUT2D eigenvalue weighted by Crippen LogP contribution is -2.32. The average Bonchev–Trinajstić information content (AvgIpc) is 2.26. The average molecular weight is 251 g/mol. The molecule has 0 bridgehead atoms. The van der Waals surface area contributed by atoms with Crippen LogP contribution in [0.5, 0.6) is 0 Å². The highest BCUT2D eigenvalue weighted by molar-refractivity contribution is 5.67. The number of ether oxygens (including phenoxy) is 2. The Balaban J connectivity index is 2.41. The summed E-state index contributed by atoms with van der Waals surface area (Å²) >= 11 is 0. The maximum atomic E-state index is 11.4. The van der Waals surface area contributed by atoms with Gasteiger partial charge in [-0.2, -0.15) is 0 Å². The monoisotopic (exact) mass is 251 g/mol. The third-order valence-corrected chi connectivity index (χ3v) is 2.17. The van der Waals surface area contributed by atoms with Crippen molar-refractivity contribution in [3.63, 3.8) is 0 Å². The van der Waals surface area contributed by atoms with Gasteiger partial charge in [0.15, 0.2) is 0 Å². The lowest BCUT2D eigenvalue weighted by atomic mass is 10.1. The molecule has 4 heteroatoms. The van der Waals surface area contributed by atoms with Gasteiger partial charge in [-0.25, -0.2) is 4.79 Å². The Kier molecular flexibility index (Phi) is 5.16. The van der Waals surface area contributed by atoms with E-state index in [-0.39, 0.29) is 0 Å². The fourth-order valence-electron chi connectivity index (χ4n) is 1.41. The fourth-order valence-corrected chi connectivity index (χ4v) is 1.41. The molecular weight excluding hydrogens is 230 g/mol. The summed E-state index contributed by atoms with van der Waals surface area (Å²) in [6.07, 6.45) is -0.400. The molecule has 1 rings (SSSR count). The van der Waals surface area contributed by atoms with Gasteiger partial charge >= 0.3 is 6.09 Å². The Morgan fingerprint density at radius 1 is 1.17 bits per heavy atom. The van der Waals surface area contributed by atoms with Crippen LogP contribution in [0.3, 0.4) is 0 Å². The standard InChI is InChI=1S/C14H21NO3/c1-14(2,3)18-13(16)15-9-11-5-7-12(8-6-11)10-17-4/h5-8H,9-10H2,1-4H3,(H,15,16). The highest BCUT2D eigenvalue weighted by atomic mass is 16.6. The Morgan fingerprint density at radius 2 is 1.72 bits per heavy atom. The van der Waals surface area contributed by atoms with Crippen LogP contribution < -0.4 is 5.32 Å². The zero-order valence-electron chi connectivity index (χ0n) is 11.4. The highest BCUT2D eigenvalue weighted by Gasteiger charge is 2.15. The smallest absolute Gasteiger partial charge is 0.407 e. The predicted molar refractivity (Wildman–Crippen MR) is 70.2 cm³/mol. The molecule has 0 atom stereocenters. The first-order valence-electron chi connectivity index (χ1n) is 5.94. The van der Waals surface area contributed by atoms with Crippen molar-refractivity contribution in [2.75, 3.05) is 7.11 Å². The number of benzene rings is 1. The molecule has 1 aromatic rings. The molecule has 0 fully saturated rings. The second kappa shape index (κ2) is 6.40. The summed E-state index contributed by atoms with van der Waals surface area (Å²) in [6.45, 7) is 6.58. The van der Waals surface area contributed by atoms with Crippen molar-refractivity contribution >= 4 is 6.09 Å². The van der Waals surface area contributed by atoms with E-state index in [0.29, 0.717) is 13.2 Å². The molecule has 0 heterocycles. The number of carbonyl (C=O) groups is 1. The summed E-state index contributed by atoms with van der Waals surface area (Å²) in [7, 11) is 1.66. The van der Waals surface area contributed by atoms with Crippen LogP contribution in [0.1, 0.15) is 31.9 Å². The molecule has 0 aliphatic rings. The number of hydrogen-bond acceptors (Lipinski definition) is 3. The van der Waals surface area contributed by atoms with Crippen LogP contribution in [0, 0.1) is 0 Å². The van der Waals surface area contributed by atoms with E-state index in [1.807, 2.05) is 45.0 Å². The molecule has 4 nitrogen and oxygen atoms in total. The molecule has 1 amide bonds. The number of alkyl carbamates (subject to hydrolysis) is 1. The summed E-state index contributed by atoms with van der Waals surface area (Å²) in [4.78, 5) is 11.4. The van der Waals surface area contributed by atoms with E-state index < -0.39 is 11.7 Å². The first-order chi connectivity index (χ1) is 8.40. The van der Waals surface area contributed by atoms with Crippen LogP contribution in [0.4, 0.5) is 4.79 Å². The van der Waals surface area contributed by atoms with E-state index in [0.717, 1.165) is 11.1 Å². The van der Waals surface area contributed by atoms with E-state index in [2.05, 4.69) is 5.32 Å². The summed E-state index contributed by atoms with van der Waals surface area (Å²) in [6, 6.07) is 7.89. The van der Waals surface area contributed by atoms with Gasteiger partial charge in [0.1, 0.15) is 5.60 Å². The lowest BCUT2D eigenvalue weighted by Gasteiger charge is -2.19. The number of amides is 1. The summed E-state index contributed by atoms with van der Waals surface area (Å²) < 4.78 is 10.2. The fraction of sp³-hybridized carbons (Fsp3) is 0.500. The van der Waals surface area contributed by atoms with E-state index in [4.69, 9.17) is 9.47 Å². The van der Waals surface area contributed by atoms with Gasteiger partial charge in [-0.1, -0.05) is 24.3 Å². The third kappa shape index (κ3) is 5.68. The summed E-state index contributed by atoms with van der Waals surface area (Å²) in [5, 5.41) is 2.71. The van der Waals surface area contributed by atoms with Crippen molar-refractivity contribution in [2.24, 2.45) is 0 Å². The van der Waals surface area contributed by atoms with E-state index >= 15 is 0 Å². The summed E-state index contributed by atoms with van der Waals surface area (Å²) in [5.74, 6) is 0. The minimum Gasteiger partial charge on any atom is -0.444 e. The van der Waals surface area contributed by atoms with Gasteiger partial charge in [0, 0.05) is 13.7 Å². The van der Waals surface area contributed by atoms with Crippen LogP contribution >= 0.6 is 0 Å². The Morgan fingerprint density at radius 3 is 2.22 bits per heavy atom. The largest absolute Gasteiger partial charge is 0.444 e. The van der Waals surface area contributed by atoms with Gasteiger partial charge < -0.3 is 14.8 Å². The minimum absolute atomic E-state index is 0.400. The Labute approximate surface area is 108 Å². The number of carbonyl (C=O) groups excluding carboxylic acids is 1. The number of rotatable bonds is 4. The Bertz CT molecular complexity index is 379. The first kappa shape index (κ1) is 14.5. The zero-order chi connectivity index (χ0) is 13.6. The van der Waals surface area contributed by atoms with Crippen LogP contribution in [0.2, 0.25) is 0 Å². The molecule has 100 valence electrons. The predicted octanol–water partition coefficient (Wildman–Crippen LogP) is 2.86. The van der Waals surface area contributed by atoms with Crippen LogP contribution in [0.25, 0.3) is 0 Å². The topological polar surface area (TPSA) is 47.6 Å². The van der Waals surface area contributed by atoms with Gasteiger partial charge in [-0.05, 0) is 31.9 Å². The van der Waals surface area contributed by atoms with Gasteiger partial charge in [-0.3, -0.25) is 0 Å². The molecule has 0 aliphatic carbocycles. The van der Waals surface area contributed by atoms with Gasteiger partial charge in [0.05, 0.1) is 6.61 Å². The van der Waals surface area contributed by atoms with Crippen molar-refractivity contribution < 1.29 is 14.3 Å². The molecule has 18 heavy (non-hydrogen) atoms. The Hall–Kier alpha value is -1.55. The molecule has 0 unspecified atom stereocenters. The second-order valence-corrected chi connectivity index (χ2v) is 5.10. The first-order valence-corrected chi connectivity index (χ1v) is 5.94. The molecule has 0 aliphatic heterocycles.